The maximum atomic E-state index is 13.0. The van der Waals surface area contributed by atoms with E-state index in [0.717, 1.165) is 16.8 Å². The molecule has 1 aromatic carbocycles. The Kier molecular flexibility index (Phi) is 4.37. The highest BCUT2D eigenvalue weighted by Crippen LogP contribution is 2.41. The average molecular weight is 367 g/mol. The van der Waals surface area contributed by atoms with Crippen molar-refractivity contribution in [3.8, 4) is 0 Å². The number of rotatable bonds is 5. The van der Waals surface area contributed by atoms with Crippen LogP contribution in [0.3, 0.4) is 0 Å². The summed E-state index contributed by atoms with van der Waals surface area (Å²) in [6.45, 7) is 0.814. The molecule has 1 aliphatic heterocycles. The molecule has 0 radical (unpaired) electrons. The van der Waals surface area contributed by atoms with Crippen molar-refractivity contribution in [2.45, 2.75) is 18.9 Å². The molecule has 0 saturated carbocycles. The largest absolute Gasteiger partial charge is 0.390 e. The molecule has 8 heteroatoms. The number of nitrogens with zero attached hydrogens (tertiary/aromatic N) is 5. The number of imide groups is 1. The number of likely N-dealkylation sites (N-methyl/N-ethyl adjacent to an activating group) is 1. The third kappa shape index (κ3) is 2.87. The van der Waals surface area contributed by atoms with Crippen LogP contribution in [0.15, 0.2) is 30.5 Å². The number of hydrogen-bond donors (Lipinski definition) is 1. The predicted molar refractivity (Wildman–Crippen MR) is 97.7 cm³/mol. The van der Waals surface area contributed by atoms with Crippen LogP contribution >= 0.6 is 0 Å². The maximum Gasteiger partial charge on any atom is 0.260 e. The van der Waals surface area contributed by atoms with E-state index in [-0.39, 0.29) is 24.3 Å². The summed E-state index contributed by atoms with van der Waals surface area (Å²) in [6, 6.07) is 5.51. The highest BCUT2D eigenvalue weighted by Gasteiger charge is 2.41. The van der Waals surface area contributed by atoms with Gasteiger partial charge in [-0.25, -0.2) is 4.68 Å². The van der Waals surface area contributed by atoms with Crippen LogP contribution in [0.5, 0.6) is 0 Å². The number of allylic oxidation sites excluding steroid dienone is 1. The van der Waals surface area contributed by atoms with E-state index in [9.17, 15) is 14.7 Å². The summed E-state index contributed by atoms with van der Waals surface area (Å²) in [6.07, 6.45) is 4.10. The van der Waals surface area contributed by atoms with Crippen LogP contribution in [0.4, 0.5) is 0 Å². The lowest BCUT2D eigenvalue weighted by atomic mass is 9.78. The van der Waals surface area contributed by atoms with Gasteiger partial charge in [0, 0.05) is 24.2 Å². The average Bonchev–Trinajstić information content (AvgIpc) is 3.14. The van der Waals surface area contributed by atoms with E-state index < -0.39 is 0 Å². The van der Waals surface area contributed by atoms with Crippen LogP contribution in [0.25, 0.3) is 5.70 Å². The second kappa shape index (κ2) is 6.71. The molecule has 2 heterocycles. The fourth-order valence-electron chi connectivity index (χ4n) is 3.68. The first-order valence-corrected chi connectivity index (χ1v) is 8.87. The van der Waals surface area contributed by atoms with Gasteiger partial charge in [0.1, 0.15) is 5.69 Å². The van der Waals surface area contributed by atoms with Crippen molar-refractivity contribution in [1.29, 1.82) is 0 Å². The van der Waals surface area contributed by atoms with Crippen LogP contribution in [0.1, 0.15) is 39.5 Å². The molecule has 27 heavy (non-hydrogen) atoms. The van der Waals surface area contributed by atoms with Crippen molar-refractivity contribution in [3.63, 3.8) is 0 Å². The van der Waals surface area contributed by atoms with Gasteiger partial charge in [0.2, 0.25) is 5.91 Å². The molecular weight excluding hydrogens is 346 g/mol. The molecule has 4 rings (SSSR count). The number of amides is 2. The smallest absolute Gasteiger partial charge is 0.260 e. The van der Waals surface area contributed by atoms with Gasteiger partial charge < -0.3 is 10.0 Å². The van der Waals surface area contributed by atoms with Gasteiger partial charge in [0.25, 0.3) is 5.91 Å². The van der Waals surface area contributed by atoms with Crippen LogP contribution in [-0.2, 0) is 11.4 Å². The highest BCUT2D eigenvalue weighted by atomic mass is 16.3. The first-order chi connectivity index (χ1) is 13.0. The zero-order chi connectivity index (χ0) is 19.1. The summed E-state index contributed by atoms with van der Waals surface area (Å²) >= 11 is 0. The van der Waals surface area contributed by atoms with Gasteiger partial charge in [0.05, 0.1) is 24.4 Å². The minimum atomic E-state index is -0.361. The lowest BCUT2D eigenvalue weighted by molar-refractivity contribution is -0.130. The molecule has 2 aromatic rings. The molecule has 1 atom stereocenters. The number of aliphatic hydroxyl groups excluding tert-OH is 1. The van der Waals surface area contributed by atoms with E-state index in [1.54, 1.807) is 16.9 Å². The molecule has 1 N–H and O–H groups in total. The number of aliphatic hydroxyl groups is 1. The van der Waals surface area contributed by atoms with E-state index in [1.807, 2.05) is 37.2 Å². The zero-order valence-corrected chi connectivity index (χ0v) is 15.3. The van der Waals surface area contributed by atoms with Crippen LogP contribution in [-0.4, -0.2) is 68.9 Å². The summed E-state index contributed by atoms with van der Waals surface area (Å²) in [7, 11) is 3.83. The minimum Gasteiger partial charge on any atom is -0.390 e. The molecule has 0 spiro atoms. The Balaban J connectivity index is 1.76. The van der Waals surface area contributed by atoms with Gasteiger partial charge >= 0.3 is 0 Å². The molecule has 0 saturated heterocycles. The van der Waals surface area contributed by atoms with E-state index in [4.69, 9.17) is 0 Å². The molecule has 0 fully saturated rings. The van der Waals surface area contributed by atoms with Crippen molar-refractivity contribution < 1.29 is 14.7 Å². The monoisotopic (exact) mass is 367 g/mol. The Bertz CT molecular complexity index is 947. The summed E-state index contributed by atoms with van der Waals surface area (Å²) in [5, 5.41) is 17.2. The van der Waals surface area contributed by atoms with E-state index in [0.29, 0.717) is 30.8 Å². The Morgan fingerprint density at radius 1 is 1.26 bits per heavy atom. The van der Waals surface area contributed by atoms with Crippen molar-refractivity contribution in [2.75, 3.05) is 27.2 Å². The highest BCUT2D eigenvalue weighted by molar-refractivity contribution is 6.13. The summed E-state index contributed by atoms with van der Waals surface area (Å²) < 4.78 is 1.59. The molecule has 8 nitrogen and oxygen atoms in total. The Morgan fingerprint density at radius 3 is 2.74 bits per heavy atom. The minimum absolute atomic E-state index is 0.147. The zero-order valence-electron chi connectivity index (χ0n) is 15.3. The topological polar surface area (TPSA) is 91.6 Å². The van der Waals surface area contributed by atoms with E-state index in [2.05, 4.69) is 10.3 Å². The third-order valence-corrected chi connectivity index (χ3v) is 5.04. The molecule has 1 unspecified atom stereocenters. The van der Waals surface area contributed by atoms with Crippen LogP contribution < -0.4 is 0 Å². The molecule has 0 bridgehead atoms. The lowest BCUT2D eigenvalue weighted by Gasteiger charge is -2.36. The summed E-state index contributed by atoms with van der Waals surface area (Å²) in [4.78, 5) is 29.3. The summed E-state index contributed by atoms with van der Waals surface area (Å²) in [5.41, 5.74) is 3.39. The van der Waals surface area contributed by atoms with E-state index >= 15 is 0 Å². The van der Waals surface area contributed by atoms with Gasteiger partial charge in [-0.2, -0.15) is 0 Å². The number of carbonyl (C=O) groups excluding carboxylic acids is 2. The van der Waals surface area contributed by atoms with Gasteiger partial charge in [-0.1, -0.05) is 23.4 Å². The molecule has 1 aromatic heterocycles. The standard InChI is InChI=1S/C19H21N5O3/c1-22(2)8-9-23-18(26)14-5-3-4-13-16(24-10-12(11-25)20-21-24)7-6-15(17(13)14)19(23)27/h3-5,7,10,15,25H,6,8-9,11H2,1-2H3. The Hall–Kier alpha value is -2.84. The van der Waals surface area contributed by atoms with Crippen LogP contribution in [0, 0.1) is 0 Å². The van der Waals surface area contributed by atoms with Crippen molar-refractivity contribution in [2.24, 2.45) is 0 Å². The first-order valence-electron chi connectivity index (χ1n) is 8.87. The molecule has 2 amide bonds. The molecule has 1 aliphatic carbocycles. The first kappa shape index (κ1) is 17.6. The molecular formula is C19H21N5O3. The van der Waals surface area contributed by atoms with Crippen molar-refractivity contribution in [3.05, 3.63) is 52.9 Å². The Morgan fingerprint density at radius 2 is 2.04 bits per heavy atom. The summed E-state index contributed by atoms with van der Waals surface area (Å²) in [5.74, 6) is -0.752. The van der Waals surface area contributed by atoms with Gasteiger partial charge in [-0.05, 0) is 32.1 Å². The molecule has 140 valence electrons. The number of hydrogen-bond acceptors (Lipinski definition) is 6. The molecule has 2 aliphatic rings. The lowest BCUT2D eigenvalue weighted by Crippen LogP contribution is -2.48. The van der Waals surface area contributed by atoms with Gasteiger partial charge in [0.15, 0.2) is 0 Å². The van der Waals surface area contributed by atoms with Gasteiger partial charge in [-0.15, -0.1) is 5.10 Å². The number of carbonyl (C=O) groups is 2. The number of benzene rings is 1. The Labute approximate surface area is 156 Å². The SMILES string of the molecule is CN(C)CCN1C(=O)c2cccc3c2C(CC=C3n2cc(CO)nn2)C1=O. The van der Waals surface area contributed by atoms with E-state index in [1.165, 1.54) is 4.90 Å². The second-order valence-corrected chi connectivity index (χ2v) is 7.06. The fraction of sp³-hybridized carbons (Fsp3) is 0.368. The van der Waals surface area contributed by atoms with Crippen molar-refractivity contribution in [1.82, 2.24) is 24.8 Å². The third-order valence-electron chi connectivity index (χ3n) is 5.04. The fourth-order valence-corrected chi connectivity index (χ4v) is 3.68. The second-order valence-electron chi connectivity index (χ2n) is 7.06. The van der Waals surface area contributed by atoms with Gasteiger partial charge in [-0.3, -0.25) is 14.5 Å². The quantitative estimate of drug-likeness (QED) is 0.782. The van der Waals surface area contributed by atoms with Crippen LogP contribution in [0.2, 0.25) is 0 Å². The predicted octanol–water partition coefficient (Wildman–Crippen LogP) is 0.691. The van der Waals surface area contributed by atoms with Crippen molar-refractivity contribution >= 4 is 17.5 Å². The maximum absolute atomic E-state index is 13.0. The normalized spacial score (nSPS) is 18.7. The number of aromatic nitrogens is 3.